The molecule has 0 aliphatic carbocycles. The smallest absolute Gasteiger partial charge is 0.337 e. The third kappa shape index (κ3) is 2.22. The van der Waals surface area contributed by atoms with Crippen molar-refractivity contribution in [2.45, 2.75) is 13.3 Å². The molecule has 1 aromatic rings. The Hall–Kier alpha value is -1.88. The Morgan fingerprint density at radius 1 is 1.50 bits per heavy atom. The van der Waals surface area contributed by atoms with E-state index in [2.05, 4.69) is 0 Å². The zero-order chi connectivity index (χ0) is 13.1. The Balaban J connectivity index is 2.52. The van der Waals surface area contributed by atoms with Crippen molar-refractivity contribution in [1.82, 2.24) is 0 Å². The molecule has 1 aliphatic rings. The number of amides is 1. The van der Waals surface area contributed by atoms with Crippen LogP contribution in [0, 0.1) is 0 Å². The van der Waals surface area contributed by atoms with Gasteiger partial charge in [-0.05, 0) is 18.1 Å². The number of anilines is 1. The van der Waals surface area contributed by atoms with E-state index in [0.29, 0.717) is 25.3 Å². The molecule has 1 amide bonds. The first-order valence-electron chi connectivity index (χ1n) is 5.88. The number of ether oxygens (including phenoxy) is 1. The SMILES string of the molecule is CCc1cccc(C(=O)O)c1N1CCOCC1=O. The molecule has 1 heterocycles. The lowest BCUT2D eigenvalue weighted by atomic mass is 10.0. The Bertz CT molecular complexity index is 484. The molecule has 1 fully saturated rings. The van der Waals surface area contributed by atoms with Crippen molar-refractivity contribution in [2.75, 3.05) is 24.7 Å². The van der Waals surface area contributed by atoms with Crippen molar-refractivity contribution in [3.63, 3.8) is 0 Å². The number of hydrogen-bond acceptors (Lipinski definition) is 3. The van der Waals surface area contributed by atoms with Crippen LogP contribution in [-0.4, -0.2) is 36.7 Å². The average molecular weight is 249 g/mol. The van der Waals surface area contributed by atoms with Gasteiger partial charge in [-0.1, -0.05) is 19.1 Å². The molecule has 0 bridgehead atoms. The maximum absolute atomic E-state index is 11.8. The van der Waals surface area contributed by atoms with Gasteiger partial charge in [0.2, 0.25) is 0 Å². The molecule has 1 aliphatic heterocycles. The summed E-state index contributed by atoms with van der Waals surface area (Å²) in [4.78, 5) is 24.6. The highest BCUT2D eigenvalue weighted by atomic mass is 16.5. The molecule has 0 aromatic heterocycles. The molecule has 0 atom stereocenters. The molecule has 0 unspecified atom stereocenters. The first-order valence-corrected chi connectivity index (χ1v) is 5.88. The van der Waals surface area contributed by atoms with E-state index in [-0.39, 0.29) is 18.1 Å². The lowest BCUT2D eigenvalue weighted by molar-refractivity contribution is -0.125. The summed E-state index contributed by atoms with van der Waals surface area (Å²) in [6.45, 7) is 2.78. The highest BCUT2D eigenvalue weighted by Gasteiger charge is 2.26. The van der Waals surface area contributed by atoms with Crippen LogP contribution in [0.1, 0.15) is 22.8 Å². The summed E-state index contributed by atoms with van der Waals surface area (Å²) < 4.78 is 5.07. The molecule has 0 spiro atoms. The van der Waals surface area contributed by atoms with E-state index in [4.69, 9.17) is 4.74 Å². The van der Waals surface area contributed by atoms with Crippen LogP contribution >= 0.6 is 0 Å². The predicted molar refractivity (Wildman–Crippen MR) is 66.0 cm³/mol. The number of carbonyl (C=O) groups is 2. The summed E-state index contributed by atoms with van der Waals surface area (Å²) in [5, 5.41) is 9.23. The number of rotatable bonds is 3. The summed E-state index contributed by atoms with van der Waals surface area (Å²) in [6.07, 6.45) is 0.682. The fourth-order valence-corrected chi connectivity index (χ4v) is 2.12. The molecule has 0 saturated carbocycles. The third-order valence-corrected chi connectivity index (χ3v) is 2.99. The van der Waals surface area contributed by atoms with Crippen LogP contribution in [0.25, 0.3) is 0 Å². The number of morpholine rings is 1. The first-order chi connectivity index (χ1) is 8.65. The van der Waals surface area contributed by atoms with Crippen LogP contribution in [0.15, 0.2) is 18.2 Å². The minimum absolute atomic E-state index is 0.0110. The van der Waals surface area contributed by atoms with Crippen molar-refractivity contribution < 1.29 is 19.4 Å². The maximum atomic E-state index is 11.8. The van der Waals surface area contributed by atoms with Crippen LogP contribution in [0.5, 0.6) is 0 Å². The molecule has 1 N–H and O–H groups in total. The van der Waals surface area contributed by atoms with Crippen molar-refractivity contribution >= 4 is 17.6 Å². The van der Waals surface area contributed by atoms with Crippen molar-refractivity contribution in [3.05, 3.63) is 29.3 Å². The van der Waals surface area contributed by atoms with Gasteiger partial charge < -0.3 is 14.7 Å². The highest BCUT2D eigenvalue weighted by molar-refractivity contribution is 6.03. The van der Waals surface area contributed by atoms with Gasteiger partial charge in [0.15, 0.2) is 0 Å². The largest absolute Gasteiger partial charge is 0.478 e. The van der Waals surface area contributed by atoms with Crippen molar-refractivity contribution in [1.29, 1.82) is 0 Å². The van der Waals surface area contributed by atoms with Gasteiger partial charge in [0, 0.05) is 6.54 Å². The second-order valence-electron chi connectivity index (χ2n) is 4.07. The highest BCUT2D eigenvalue weighted by Crippen LogP contribution is 2.27. The number of para-hydroxylation sites is 1. The molecule has 5 heteroatoms. The Kier molecular flexibility index (Phi) is 3.62. The van der Waals surface area contributed by atoms with Crippen LogP contribution in [0.3, 0.4) is 0 Å². The van der Waals surface area contributed by atoms with E-state index in [1.165, 1.54) is 11.0 Å². The molecule has 5 nitrogen and oxygen atoms in total. The van der Waals surface area contributed by atoms with Crippen LogP contribution < -0.4 is 4.90 Å². The second-order valence-corrected chi connectivity index (χ2v) is 4.07. The third-order valence-electron chi connectivity index (χ3n) is 2.99. The Morgan fingerprint density at radius 3 is 2.89 bits per heavy atom. The summed E-state index contributed by atoms with van der Waals surface area (Å²) >= 11 is 0. The zero-order valence-corrected chi connectivity index (χ0v) is 10.2. The second kappa shape index (κ2) is 5.18. The van der Waals surface area contributed by atoms with Gasteiger partial charge in [-0.25, -0.2) is 4.79 Å². The van der Waals surface area contributed by atoms with Crippen LogP contribution in [0.4, 0.5) is 5.69 Å². The van der Waals surface area contributed by atoms with E-state index < -0.39 is 5.97 Å². The number of aromatic carboxylic acids is 1. The number of carbonyl (C=O) groups excluding carboxylic acids is 1. The van der Waals surface area contributed by atoms with Gasteiger partial charge in [0.05, 0.1) is 17.9 Å². The standard InChI is InChI=1S/C13H15NO4/c1-2-9-4-3-5-10(13(16)17)12(9)14-6-7-18-8-11(14)15/h3-5H,2,6-8H2,1H3,(H,16,17). The Labute approximate surface area is 105 Å². The Morgan fingerprint density at radius 2 is 2.28 bits per heavy atom. The normalized spacial score (nSPS) is 15.8. The van der Waals surface area contributed by atoms with Gasteiger partial charge in [0.1, 0.15) is 6.61 Å². The van der Waals surface area contributed by atoms with E-state index in [1.54, 1.807) is 6.07 Å². The zero-order valence-electron chi connectivity index (χ0n) is 10.2. The summed E-state index contributed by atoms with van der Waals surface area (Å²) in [7, 11) is 0. The van der Waals surface area contributed by atoms with E-state index >= 15 is 0 Å². The predicted octanol–water partition coefficient (Wildman–Crippen LogP) is 1.31. The molecule has 2 rings (SSSR count). The van der Waals surface area contributed by atoms with Crippen molar-refractivity contribution in [2.24, 2.45) is 0 Å². The molecule has 96 valence electrons. The quantitative estimate of drug-likeness (QED) is 0.877. The number of benzene rings is 1. The van der Waals surface area contributed by atoms with E-state index in [9.17, 15) is 14.7 Å². The lowest BCUT2D eigenvalue weighted by Crippen LogP contribution is -2.42. The van der Waals surface area contributed by atoms with Gasteiger partial charge in [-0.2, -0.15) is 0 Å². The van der Waals surface area contributed by atoms with Gasteiger partial charge in [-0.3, -0.25) is 4.79 Å². The molecule has 0 radical (unpaired) electrons. The minimum Gasteiger partial charge on any atom is -0.478 e. The van der Waals surface area contributed by atoms with Gasteiger partial charge in [0.25, 0.3) is 5.91 Å². The number of aryl methyl sites for hydroxylation is 1. The monoisotopic (exact) mass is 249 g/mol. The number of carboxylic acid groups (broad SMARTS) is 1. The van der Waals surface area contributed by atoms with Gasteiger partial charge in [-0.15, -0.1) is 0 Å². The first kappa shape index (κ1) is 12.6. The lowest BCUT2D eigenvalue weighted by Gasteiger charge is -2.29. The van der Waals surface area contributed by atoms with E-state index in [0.717, 1.165) is 5.56 Å². The maximum Gasteiger partial charge on any atom is 0.337 e. The average Bonchev–Trinajstić information content (AvgIpc) is 2.38. The number of nitrogens with zero attached hydrogens (tertiary/aromatic N) is 1. The topological polar surface area (TPSA) is 66.8 Å². The fraction of sp³-hybridized carbons (Fsp3) is 0.385. The summed E-state index contributed by atoms with van der Waals surface area (Å²) in [6, 6.07) is 5.08. The fourth-order valence-electron chi connectivity index (χ4n) is 2.12. The minimum atomic E-state index is -1.01. The molecular formula is C13H15NO4. The van der Waals surface area contributed by atoms with Crippen LogP contribution in [-0.2, 0) is 16.0 Å². The van der Waals surface area contributed by atoms with Crippen LogP contribution in [0.2, 0.25) is 0 Å². The molecule has 1 aromatic carbocycles. The number of hydrogen-bond donors (Lipinski definition) is 1. The van der Waals surface area contributed by atoms with Crippen molar-refractivity contribution in [3.8, 4) is 0 Å². The molecular weight excluding hydrogens is 234 g/mol. The number of carboxylic acids is 1. The molecule has 1 saturated heterocycles. The van der Waals surface area contributed by atoms with E-state index in [1.807, 2.05) is 13.0 Å². The molecule has 18 heavy (non-hydrogen) atoms. The van der Waals surface area contributed by atoms with Gasteiger partial charge >= 0.3 is 5.97 Å². The summed E-state index contributed by atoms with van der Waals surface area (Å²) in [5.41, 5.74) is 1.55. The summed E-state index contributed by atoms with van der Waals surface area (Å²) in [5.74, 6) is -1.20.